The standard InChI is InChI=1S/C49H51F4N11O7/c50-35-17-33-34(46(70)64(45(33)69)36-5-6-39(65)59-43(36)67)18-37(35)61-11-13-63(14-12-61)44(68)28-7-9-62(10-8-28)40(66)25-55-41-30-15-27-16-31(41)21-48(19-27,20-30)26-58-42-32(22-54)24-57-47(60-42)56-23-29-3-1-2-4-38(29)71-49(51,52)53/h1-4,17-18,24,27-28,30-31,36H,5-16,19-21,23,25-26H2,(H,59,65,67)(H2,56,57,58,60)/t27?,30-,31+,36?,48?. The number of hydrogen-bond donors (Lipinski definition) is 3. The number of rotatable bonds is 12. The van der Waals surface area contributed by atoms with E-state index in [-0.39, 0.29) is 114 Å². The number of nitriles is 1. The highest BCUT2D eigenvalue weighted by Gasteiger charge is 2.54. The Hall–Kier alpha value is -7.18. The number of nitrogens with one attached hydrogen (secondary N) is 3. The van der Waals surface area contributed by atoms with Crippen LogP contribution in [0.4, 0.5) is 35.0 Å². The van der Waals surface area contributed by atoms with E-state index in [0.717, 1.165) is 48.8 Å². The first-order chi connectivity index (χ1) is 34.0. The van der Waals surface area contributed by atoms with Crippen molar-refractivity contribution in [3.8, 4) is 11.8 Å². The Morgan fingerprint density at radius 1 is 0.915 bits per heavy atom. The number of benzene rings is 2. The summed E-state index contributed by atoms with van der Waals surface area (Å²) in [5.41, 5.74) is 1.48. The van der Waals surface area contributed by atoms with E-state index < -0.39 is 41.9 Å². The highest BCUT2D eigenvalue weighted by Crippen LogP contribution is 2.59. The molecule has 4 aliphatic heterocycles. The van der Waals surface area contributed by atoms with Crippen LogP contribution in [0.15, 0.2) is 47.6 Å². The number of halogens is 4. The molecule has 4 saturated carbocycles. The lowest BCUT2D eigenvalue weighted by atomic mass is 9.49. The lowest BCUT2D eigenvalue weighted by molar-refractivity contribution is -0.274. The first-order valence-corrected chi connectivity index (χ1v) is 24.0. The number of hydrogen-bond acceptors (Lipinski definition) is 14. The number of fused-ring (bicyclic) bond motifs is 1. The van der Waals surface area contributed by atoms with Crippen molar-refractivity contribution in [2.75, 3.05) is 67.9 Å². The second-order valence-electron chi connectivity index (χ2n) is 19.8. The third kappa shape index (κ3) is 9.57. The topological polar surface area (TPSA) is 223 Å². The molecule has 3 aromatic rings. The third-order valence-corrected chi connectivity index (χ3v) is 15.4. The fraction of sp³-hybridized carbons (Fsp3) is 0.510. The fourth-order valence-corrected chi connectivity index (χ4v) is 12.2. The Kier molecular flexibility index (Phi) is 12.6. The monoisotopic (exact) mass is 981 g/mol. The number of aromatic nitrogens is 2. The first kappa shape index (κ1) is 47.5. The van der Waals surface area contributed by atoms with E-state index in [9.17, 15) is 47.2 Å². The molecule has 1 aromatic heterocycles. The number of alkyl halides is 3. The molecule has 3 saturated heterocycles. The number of anilines is 3. The molecule has 7 fully saturated rings. The van der Waals surface area contributed by atoms with Crippen LogP contribution >= 0.6 is 0 Å². The summed E-state index contributed by atoms with van der Waals surface area (Å²) in [5, 5.41) is 18.4. The van der Waals surface area contributed by atoms with Crippen molar-refractivity contribution < 1.29 is 51.1 Å². The molecule has 4 aliphatic carbocycles. The van der Waals surface area contributed by atoms with Gasteiger partial charge in [-0.25, -0.2) is 9.37 Å². The molecule has 3 unspecified atom stereocenters. The van der Waals surface area contributed by atoms with Gasteiger partial charge in [-0.1, -0.05) is 18.2 Å². The van der Waals surface area contributed by atoms with Crippen molar-refractivity contribution in [1.29, 1.82) is 5.26 Å². The number of carbonyl (C=O) groups excluding carboxylic acids is 6. The molecule has 372 valence electrons. The summed E-state index contributed by atoms with van der Waals surface area (Å²) in [7, 11) is 0. The summed E-state index contributed by atoms with van der Waals surface area (Å²) < 4.78 is 58.6. The zero-order chi connectivity index (χ0) is 49.8. The smallest absolute Gasteiger partial charge is 0.405 e. The molecule has 4 bridgehead atoms. The van der Waals surface area contributed by atoms with Crippen LogP contribution in [-0.2, 0) is 25.7 Å². The van der Waals surface area contributed by atoms with E-state index in [1.54, 1.807) is 20.8 Å². The van der Waals surface area contributed by atoms with Gasteiger partial charge in [-0.05, 0) is 92.7 Å². The summed E-state index contributed by atoms with van der Waals surface area (Å²) in [5.74, 6) is -2.72. The predicted molar refractivity (Wildman–Crippen MR) is 245 cm³/mol. The molecule has 3 N–H and O–H groups in total. The summed E-state index contributed by atoms with van der Waals surface area (Å²) in [6.07, 6.45) is 2.28. The number of ether oxygens (including phenoxy) is 1. The highest BCUT2D eigenvalue weighted by atomic mass is 19.4. The van der Waals surface area contributed by atoms with Gasteiger partial charge in [-0.2, -0.15) is 10.2 Å². The molecule has 2 aromatic carbocycles. The molecule has 6 amide bonds. The van der Waals surface area contributed by atoms with Crippen molar-refractivity contribution in [1.82, 2.24) is 30.0 Å². The maximum Gasteiger partial charge on any atom is 0.573 e. The Bertz CT molecular complexity index is 2750. The van der Waals surface area contributed by atoms with Gasteiger partial charge in [0.1, 0.15) is 41.6 Å². The van der Waals surface area contributed by atoms with Crippen LogP contribution in [0.5, 0.6) is 5.75 Å². The molecule has 8 aliphatic rings. The van der Waals surface area contributed by atoms with E-state index in [0.29, 0.717) is 57.3 Å². The van der Waals surface area contributed by atoms with Gasteiger partial charge in [0.2, 0.25) is 29.6 Å². The molecule has 18 nitrogen and oxygen atoms in total. The largest absolute Gasteiger partial charge is 0.573 e. The first-order valence-electron chi connectivity index (χ1n) is 24.0. The number of piperazine rings is 1. The van der Waals surface area contributed by atoms with Crippen LogP contribution in [0.2, 0.25) is 0 Å². The van der Waals surface area contributed by atoms with Crippen molar-refractivity contribution in [3.63, 3.8) is 0 Å². The normalized spacial score (nSPS) is 25.9. The Morgan fingerprint density at radius 3 is 2.31 bits per heavy atom. The lowest BCUT2D eigenvalue weighted by Crippen LogP contribution is -2.54. The lowest BCUT2D eigenvalue weighted by Gasteiger charge is -2.57. The minimum absolute atomic E-state index is 0.0127. The van der Waals surface area contributed by atoms with Crippen LogP contribution in [0.25, 0.3) is 0 Å². The second kappa shape index (κ2) is 18.9. The van der Waals surface area contributed by atoms with Gasteiger partial charge in [-0.15, -0.1) is 13.2 Å². The van der Waals surface area contributed by atoms with Gasteiger partial charge < -0.3 is 30.1 Å². The fourth-order valence-electron chi connectivity index (χ4n) is 12.2. The number of aliphatic imine (C=N–C) groups is 1. The summed E-state index contributed by atoms with van der Waals surface area (Å²) in [6.45, 7) is 2.62. The van der Waals surface area contributed by atoms with Crippen LogP contribution < -0.4 is 25.6 Å². The molecule has 5 atom stereocenters. The molecular weight excluding hydrogens is 931 g/mol. The van der Waals surface area contributed by atoms with Gasteiger partial charge in [-0.3, -0.25) is 44.0 Å². The number of likely N-dealkylation sites (tertiary alicyclic amines) is 1. The van der Waals surface area contributed by atoms with Crippen LogP contribution in [0, 0.1) is 46.2 Å². The number of piperidine rings is 2. The van der Waals surface area contributed by atoms with Crippen molar-refractivity contribution in [3.05, 3.63) is 70.7 Å². The summed E-state index contributed by atoms with van der Waals surface area (Å²) in [6, 6.07) is 9.08. The quantitative estimate of drug-likeness (QED) is 0.166. The molecule has 0 radical (unpaired) electrons. The Balaban J connectivity index is 0.691. The second-order valence-corrected chi connectivity index (χ2v) is 19.8. The minimum atomic E-state index is -4.85. The summed E-state index contributed by atoms with van der Waals surface area (Å²) >= 11 is 0. The Labute approximate surface area is 405 Å². The average Bonchev–Trinajstić information content (AvgIpc) is 3.58. The predicted octanol–water partition coefficient (Wildman–Crippen LogP) is 4.67. The summed E-state index contributed by atoms with van der Waals surface area (Å²) in [4.78, 5) is 97.6. The third-order valence-electron chi connectivity index (χ3n) is 15.4. The van der Waals surface area contributed by atoms with Gasteiger partial charge in [0.05, 0.1) is 23.0 Å². The van der Waals surface area contributed by atoms with Crippen LogP contribution in [0.1, 0.15) is 89.6 Å². The zero-order valence-corrected chi connectivity index (χ0v) is 38.6. The van der Waals surface area contributed by atoms with Crippen molar-refractivity contribution in [2.45, 2.75) is 76.7 Å². The zero-order valence-electron chi connectivity index (χ0n) is 38.6. The van der Waals surface area contributed by atoms with Gasteiger partial charge in [0.15, 0.2) is 0 Å². The molecule has 11 rings (SSSR count). The maximum atomic E-state index is 15.5. The van der Waals surface area contributed by atoms with E-state index in [4.69, 9.17) is 4.99 Å². The number of carbonyl (C=O) groups is 6. The molecule has 5 heterocycles. The number of amides is 6. The molecule has 22 heteroatoms. The van der Waals surface area contributed by atoms with E-state index in [1.807, 2.05) is 0 Å². The Morgan fingerprint density at radius 2 is 1.62 bits per heavy atom. The average molecular weight is 982 g/mol. The number of nitrogens with zero attached hydrogens (tertiary/aromatic N) is 8. The van der Waals surface area contributed by atoms with Gasteiger partial charge >= 0.3 is 6.36 Å². The van der Waals surface area contributed by atoms with Crippen molar-refractivity contribution in [2.24, 2.45) is 34.1 Å². The van der Waals surface area contributed by atoms with Crippen LogP contribution in [-0.4, -0.2) is 131 Å². The van der Waals surface area contributed by atoms with Gasteiger partial charge in [0.25, 0.3) is 11.8 Å². The van der Waals surface area contributed by atoms with Crippen molar-refractivity contribution >= 4 is 58.6 Å². The molecule has 71 heavy (non-hydrogen) atoms. The number of para-hydroxylation sites is 1. The van der Waals surface area contributed by atoms with E-state index in [2.05, 4.69) is 36.7 Å². The van der Waals surface area contributed by atoms with E-state index >= 15 is 4.39 Å². The maximum absolute atomic E-state index is 15.5. The molecule has 0 spiro atoms. The highest BCUT2D eigenvalue weighted by molar-refractivity contribution is 6.23. The minimum Gasteiger partial charge on any atom is -0.405 e. The van der Waals surface area contributed by atoms with Gasteiger partial charge in [0, 0.05) is 76.0 Å². The van der Waals surface area contributed by atoms with Crippen LogP contribution in [0.3, 0.4) is 0 Å². The molecular formula is C49H51F4N11O7. The van der Waals surface area contributed by atoms with E-state index in [1.165, 1.54) is 30.5 Å². The number of imide groups is 2. The SMILES string of the molecule is N#Cc1cnc(NCc2ccccc2OC(F)(F)F)nc1NCC12CC3C[C@H](C1)C(=NCC(=O)N1CCC(C(=O)N4CCN(c5cc6c(cc5F)C(=O)N(C5CCC(=O)NC5=O)C6=O)CC4)CC1)[C@@H](C3)C2.